The van der Waals surface area contributed by atoms with Gasteiger partial charge in [-0.1, -0.05) is 0 Å². The van der Waals surface area contributed by atoms with Gasteiger partial charge in [0.1, 0.15) is 37.6 Å². The third kappa shape index (κ3) is 10.7. The second kappa shape index (κ2) is 16.3. The zero-order valence-corrected chi connectivity index (χ0v) is 25.2. The van der Waals surface area contributed by atoms with E-state index < -0.39 is 116 Å². The van der Waals surface area contributed by atoms with Crippen molar-refractivity contribution in [2.75, 3.05) is 13.2 Å². The van der Waals surface area contributed by atoms with Crippen molar-refractivity contribution in [1.82, 2.24) is 5.32 Å². The lowest BCUT2D eigenvalue weighted by atomic mass is 9.94. The highest BCUT2D eigenvalue weighted by atomic mass is 16.8. The van der Waals surface area contributed by atoms with Crippen molar-refractivity contribution in [3.05, 3.63) is 0 Å². The number of rotatable bonds is 11. The fourth-order valence-electron chi connectivity index (χ4n) is 4.59. The fourth-order valence-corrected chi connectivity index (χ4v) is 4.59. The molecule has 18 nitrogen and oxygen atoms in total. The van der Waals surface area contributed by atoms with Crippen molar-refractivity contribution in [2.45, 2.75) is 110 Å². The number of ether oxygens (including phenoxy) is 9. The number of hydrogen-bond acceptors (Lipinski definition) is 17. The minimum Gasteiger partial charge on any atom is -0.463 e. The molecule has 0 aromatic carbocycles. The predicted octanol–water partition coefficient (Wildman–Crippen LogP) is -1.83. The van der Waals surface area contributed by atoms with Crippen LogP contribution in [-0.4, -0.2) is 121 Å². The highest BCUT2D eigenvalue weighted by Gasteiger charge is 2.56. The van der Waals surface area contributed by atoms with Gasteiger partial charge in [-0.25, -0.2) is 0 Å². The van der Waals surface area contributed by atoms with Gasteiger partial charge in [0.25, 0.3) is 0 Å². The summed E-state index contributed by atoms with van der Waals surface area (Å²) < 4.78 is 49.1. The first-order valence-electron chi connectivity index (χ1n) is 13.4. The first kappa shape index (κ1) is 36.3. The molecule has 0 radical (unpaired) electrons. The van der Waals surface area contributed by atoms with Gasteiger partial charge in [-0.05, 0) is 0 Å². The quantitative estimate of drug-likeness (QED) is 0.188. The summed E-state index contributed by atoms with van der Waals surface area (Å²) in [6, 6.07) is -1.47. The lowest BCUT2D eigenvalue weighted by Crippen LogP contribution is -2.69. The van der Waals surface area contributed by atoms with Crippen LogP contribution in [0.5, 0.6) is 0 Å². The highest BCUT2D eigenvalue weighted by molar-refractivity contribution is 5.73. The Labute approximate surface area is 251 Å². The van der Waals surface area contributed by atoms with E-state index in [4.69, 9.17) is 42.6 Å². The predicted molar refractivity (Wildman–Crippen MR) is 138 cm³/mol. The number of esters is 6. The van der Waals surface area contributed by atoms with Crippen LogP contribution in [-0.2, 0) is 76.2 Å². The van der Waals surface area contributed by atoms with Crippen LogP contribution in [0.15, 0.2) is 0 Å². The molecule has 248 valence electrons. The normalized spacial score (nSPS) is 31.5. The second-order valence-electron chi connectivity index (χ2n) is 9.84. The molecule has 0 aromatic rings. The molecule has 2 rings (SSSR count). The van der Waals surface area contributed by atoms with E-state index in [1.807, 2.05) is 0 Å². The summed E-state index contributed by atoms with van der Waals surface area (Å²) in [5.41, 5.74) is 0. The first-order chi connectivity index (χ1) is 20.5. The van der Waals surface area contributed by atoms with Gasteiger partial charge in [-0.2, -0.15) is 0 Å². The van der Waals surface area contributed by atoms with Crippen LogP contribution in [0.1, 0.15) is 48.5 Å². The van der Waals surface area contributed by atoms with Crippen LogP contribution in [0, 0.1) is 0 Å². The van der Waals surface area contributed by atoms with Gasteiger partial charge in [-0.3, -0.25) is 33.6 Å². The molecule has 44 heavy (non-hydrogen) atoms. The van der Waals surface area contributed by atoms with Crippen molar-refractivity contribution in [1.29, 1.82) is 0 Å². The maximum absolute atomic E-state index is 12.2. The van der Waals surface area contributed by atoms with E-state index in [0.29, 0.717) is 0 Å². The van der Waals surface area contributed by atoms with Gasteiger partial charge in [0.2, 0.25) is 5.91 Å². The van der Waals surface area contributed by atoms with E-state index in [9.17, 15) is 38.7 Å². The molecule has 0 aromatic heterocycles. The maximum Gasteiger partial charge on any atom is 0.303 e. The lowest BCUT2D eigenvalue weighted by molar-refractivity contribution is -0.344. The summed E-state index contributed by atoms with van der Waals surface area (Å²) in [6.45, 7) is 6.36. The minimum absolute atomic E-state index is 0.532. The third-order valence-electron chi connectivity index (χ3n) is 6.03. The van der Waals surface area contributed by atoms with Crippen LogP contribution >= 0.6 is 0 Å². The van der Waals surface area contributed by atoms with E-state index in [1.54, 1.807) is 0 Å². The van der Waals surface area contributed by atoms with Gasteiger partial charge in [-0.15, -0.1) is 0 Å². The first-order valence-corrected chi connectivity index (χ1v) is 13.4. The molecule has 0 saturated carbocycles. The van der Waals surface area contributed by atoms with Gasteiger partial charge in [0, 0.05) is 48.5 Å². The molecule has 0 spiro atoms. The Bertz CT molecular complexity index is 1090. The number of hydrogen-bond donors (Lipinski definition) is 2. The van der Waals surface area contributed by atoms with Gasteiger partial charge in [0.05, 0.1) is 0 Å². The fraction of sp³-hybridized carbons (Fsp3) is 0.731. The molecule has 2 fully saturated rings. The smallest absolute Gasteiger partial charge is 0.303 e. The number of aliphatic hydroxyl groups is 1. The summed E-state index contributed by atoms with van der Waals surface area (Å²) in [6.07, 6.45) is -14.2. The monoisotopic (exact) mass is 635 g/mol. The van der Waals surface area contributed by atoms with Gasteiger partial charge in [0.15, 0.2) is 37.0 Å². The average molecular weight is 636 g/mol. The summed E-state index contributed by atoms with van der Waals surface area (Å²) in [5, 5.41) is 13.2. The summed E-state index contributed by atoms with van der Waals surface area (Å²) in [7, 11) is 0. The number of amides is 1. The Balaban J connectivity index is 2.66. The second-order valence-corrected chi connectivity index (χ2v) is 9.84. The van der Waals surface area contributed by atoms with Crippen LogP contribution in [0.2, 0.25) is 0 Å². The van der Waals surface area contributed by atoms with Crippen LogP contribution in [0.3, 0.4) is 0 Å². The zero-order chi connectivity index (χ0) is 33.3. The van der Waals surface area contributed by atoms with Crippen molar-refractivity contribution < 1.29 is 81.3 Å². The lowest BCUT2D eigenvalue weighted by Gasteiger charge is -2.48. The number of nitrogens with one attached hydrogen (secondary N) is 1. The minimum atomic E-state index is -1.83. The molecule has 10 atom stereocenters. The summed E-state index contributed by atoms with van der Waals surface area (Å²) >= 11 is 0. The Kier molecular flexibility index (Phi) is 13.4. The van der Waals surface area contributed by atoms with Crippen LogP contribution in [0.4, 0.5) is 0 Å². The molecule has 2 aliphatic heterocycles. The number of carbonyl (C=O) groups excluding carboxylic acids is 7. The molecule has 2 aliphatic rings. The molecular formula is C26H37NO17. The Morgan fingerprint density at radius 2 is 0.977 bits per heavy atom. The number of carbonyl (C=O) groups is 7. The van der Waals surface area contributed by atoms with Gasteiger partial charge < -0.3 is 53.1 Å². The topological polar surface area (TPSA) is 235 Å². The molecule has 18 heteroatoms. The third-order valence-corrected chi connectivity index (χ3v) is 6.03. The van der Waals surface area contributed by atoms with Crippen molar-refractivity contribution in [3.63, 3.8) is 0 Å². The standard InChI is InChI=1S/C26H37NO17/c1-10(28)27-19-22(20(38-13(4)31)17(42-25(19)35)8-36-11(2)29)44-26-24(41-16(7)34)23(40-15(6)33)21(39-14(5)32)18(43-26)9-37-12(3)30/h17-26,35H,8-9H2,1-7H3,(H,27,28)/t17-,18-,19-,20-,21+,22-,23+,24-,25-,26+/m1/s1. The van der Waals surface area contributed by atoms with Crippen molar-refractivity contribution in [3.8, 4) is 0 Å². The maximum atomic E-state index is 12.2. The molecular weight excluding hydrogens is 598 g/mol. The van der Waals surface area contributed by atoms with E-state index in [0.717, 1.165) is 48.5 Å². The van der Waals surface area contributed by atoms with Crippen LogP contribution in [0.25, 0.3) is 0 Å². The SMILES string of the molecule is CC(=O)N[C@@H]1[C@@H](O[C@@H]2O[C@H](COC(C)=O)[C@H](OC(C)=O)[C@H](OC(C)=O)[C@H]2OC(C)=O)[C@H](OC(C)=O)[C@@H](COC(C)=O)O[C@H]1O. The Hall–Kier alpha value is -3.87. The Morgan fingerprint density at radius 1 is 0.568 bits per heavy atom. The molecule has 2 saturated heterocycles. The molecule has 2 heterocycles. The van der Waals surface area contributed by atoms with E-state index in [-0.39, 0.29) is 0 Å². The Morgan fingerprint density at radius 3 is 1.41 bits per heavy atom. The van der Waals surface area contributed by atoms with E-state index >= 15 is 0 Å². The number of aliphatic hydroxyl groups excluding tert-OH is 1. The molecule has 2 N–H and O–H groups in total. The van der Waals surface area contributed by atoms with E-state index in [1.165, 1.54) is 0 Å². The largest absolute Gasteiger partial charge is 0.463 e. The molecule has 1 amide bonds. The van der Waals surface area contributed by atoms with Crippen LogP contribution < -0.4 is 5.32 Å². The molecule has 0 aliphatic carbocycles. The van der Waals surface area contributed by atoms with Crippen molar-refractivity contribution in [2.24, 2.45) is 0 Å². The molecule has 0 bridgehead atoms. The zero-order valence-electron chi connectivity index (χ0n) is 25.2. The summed E-state index contributed by atoms with van der Waals surface area (Å²) in [4.78, 5) is 83.7. The van der Waals surface area contributed by atoms with E-state index in [2.05, 4.69) is 5.32 Å². The molecule has 0 unspecified atom stereocenters. The highest BCUT2D eigenvalue weighted by Crippen LogP contribution is 2.34. The van der Waals surface area contributed by atoms with Crippen molar-refractivity contribution >= 4 is 41.7 Å². The summed E-state index contributed by atoms with van der Waals surface area (Å²) in [5.74, 6) is -5.68. The van der Waals surface area contributed by atoms with Gasteiger partial charge >= 0.3 is 35.8 Å². The average Bonchev–Trinajstić information content (AvgIpc) is 2.87.